The number of allylic oxidation sites excluding steroid dienone is 5. The van der Waals surface area contributed by atoms with Gasteiger partial charge in [0.05, 0.1) is 17.7 Å². The Labute approximate surface area is 137 Å². The maximum atomic E-state index is 11.6. The van der Waals surface area contributed by atoms with Crippen LogP contribution in [0.25, 0.3) is 0 Å². The van der Waals surface area contributed by atoms with Gasteiger partial charge in [-0.25, -0.2) is 5.43 Å². The molecule has 2 unspecified atom stereocenters. The van der Waals surface area contributed by atoms with Crippen LogP contribution in [0.3, 0.4) is 0 Å². The van der Waals surface area contributed by atoms with Crippen molar-refractivity contribution in [1.29, 1.82) is 0 Å². The third-order valence-electron chi connectivity index (χ3n) is 3.99. The minimum Gasteiger partial charge on any atom is -0.496 e. The first-order chi connectivity index (χ1) is 10.8. The molecule has 1 N–H and O–H groups in total. The van der Waals surface area contributed by atoms with Crippen molar-refractivity contribution in [3.05, 3.63) is 35.1 Å². The van der Waals surface area contributed by atoms with E-state index in [2.05, 4.69) is 10.5 Å². The van der Waals surface area contributed by atoms with Crippen molar-refractivity contribution in [2.75, 3.05) is 7.11 Å². The van der Waals surface area contributed by atoms with Gasteiger partial charge in [0.25, 0.3) is 0 Å². The highest BCUT2D eigenvalue weighted by molar-refractivity contribution is 7.73. The standard InChI is InChI=1S/C16H20N2O4S/c1-9(15-10(2)8-14(19)17-18-15)7-12-5-6-13(22-4)11(3)16(12)23(20)21/h5-7,10,12H,8H2,1-4H3,(H,17,19). The topological polar surface area (TPSA) is 84.8 Å². The zero-order valence-corrected chi connectivity index (χ0v) is 14.4. The number of hydrazone groups is 1. The van der Waals surface area contributed by atoms with Gasteiger partial charge in [-0.1, -0.05) is 19.1 Å². The summed E-state index contributed by atoms with van der Waals surface area (Å²) in [5.74, 6) is 0.0601. The molecular formula is C16H20N2O4S. The molecule has 0 bridgehead atoms. The monoisotopic (exact) mass is 336 g/mol. The summed E-state index contributed by atoms with van der Waals surface area (Å²) in [4.78, 5) is 11.6. The molecule has 0 saturated carbocycles. The van der Waals surface area contributed by atoms with Gasteiger partial charge in [0.15, 0.2) is 0 Å². The number of nitrogens with zero attached hydrogens (tertiary/aromatic N) is 1. The second kappa shape index (κ2) is 6.95. The van der Waals surface area contributed by atoms with E-state index in [-0.39, 0.29) is 22.6 Å². The van der Waals surface area contributed by atoms with Gasteiger partial charge in [-0.2, -0.15) is 13.5 Å². The maximum absolute atomic E-state index is 11.6. The van der Waals surface area contributed by atoms with Crippen LogP contribution in [0.2, 0.25) is 0 Å². The predicted molar refractivity (Wildman–Crippen MR) is 89.4 cm³/mol. The summed E-state index contributed by atoms with van der Waals surface area (Å²) in [6.07, 6.45) is 5.78. The Kier molecular flexibility index (Phi) is 5.20. The lowest BCUT2D eigenvalue weighted by atomic mass is 9.88. The first-order valence-corrected chi connectivity index (χ1v) is 8.37. The zero-order chi connectivity index (χ0) is 17.1. The van der Waals surface area contributed by atoms with Crippen molar-refractivity contribution in [3.63, 3.8) is 0 Å². The Hall–Kier alpha value is -2.15. The molecule has 0 aromatic rings. The summed E-state index contributed by atoms with van der Waals surface area (Å²) >= 11 is 0. The largest absolute Gasteiger partial charge is 0.496 e. The molecule has 2 aliphatic rings. The average Bonchev–Trinajstić information content (AvgIpc) is 2.46. The van der Waals surface area contributed by atoms with E-state index < -0.39 is 10.3 Å². The quantitative estimate of drug-likeness (QED) is 0.793. The molecule has 2 rings (SSSR count). The van der Waals surface area contributed by atoms with Crippen molar-refractivity contribution < 1.29 is 17.9 Å². The van der Waals surface area contributed by atoms with E-state index in [0.29, 0.717) is 17.8 Å². The number of rotatable bonds is 3. The minimum atomic E-state index is -2.35. The third kappa shape index (κ3) is 3.61. The summed E-state index contributed by atoms with van der Waals surface area (Å²) in [6, 6.07) is 0. The van der Waals surface area contributed by atoms with Crippen molar-refractivity contribution in [3.8, 4) is 0 Å². The fourth-order valence-corrected chi connectivity index (χ4v) is 3.57. The van der Waals surface area contributed by atoms with Crippen LogP contribution in [0.15, 0.2) is 40.2 Å². The van der Waals surface area contributed by atoms with Crippen LogP contribution < -0.4 is 5.43 Å². The van der Waals surface area contributed by atoms with Gasteiger partial charge in [0.2, 0.25) is 16.2 Å². The highest BCUT2D eigenvalue weighted by Gasteiger charge is 2.25. The SMILES string of the molecule is COC1=C(C)C(=S(=O)=O)C(C=C(C)C2=NNC(=O)CC2C)C=C1. The summed E-state index contributed by atoms with van der Waals surface area (Å²) in [7, 11) is -0.836. The normalized spacial score (nSPS) is 25.2. The molecule has 1 amide bonds. The van der Waals surface area contributed by atoms with E-state index in [0.717, 1.165) is 11.3 Å². The second-order valence-electron chi connectivity index (χ2n) is 5.66. The Balaban J connectivity index is 2.40. The number of ether oxygens (including phenoxy) is 1. The van der Waals surface area contributed by atoms with E-state index in [9.17, 15) is 13.2 Å². The Morgan fingerprint density at radius 2 is 2.17 bits per heavy atom. The molecule has 0 fully saturated rings. The van der Waals surface area contributed by atoms with Gasteiger partial charge >= 0.3 is 0 Å². The van der Waals surface area contributed by atoms with Gasteiger partial charge in [-0.15, -0.1) is 0 Å². The molecule has 1 aliphatic heterocycles. The molecule has 6 nitrogen and oxygen atoms in total. The summed E-state index contributed by atoms with van der Waals surface area (Å²) < 4.78 is 28.4. The molecule has 0 spiro atoms. The zero-order valence-electron chi connectivity index (χ0n) is 13.6. The van der Waals surface area contributed by atoms with Crippen LogP contribution >= 0.6 is 0 Å². The number of hydrogen-bond donors (Lipinski definition) is 1. The van der Waals surface area contributed by atoms with Crippen LogP contribution in [0, 0.1) is 11.8 Å². The van der Waals surface area contributed by atoms with Crippen molar-refractivity contribution >= 4 is 26.8 Å². The van der Waals surface area contributed by atoms with E-state index >= 15 is 0 Å². The van der Waals surface area contributed by atoms with Gasteiger partial charge in [0, 0.05) is 23.8 Å². The Bertz CT molecular complexity index is 777. The summed E-state index contributed by atoms with van der Waals surface area (Å²) in [6.45, 7) is 5.53. The molecular weight excluding hydrogens is 316 g/mol. The van der Waals surface area contributed by atoms with E-state index in [1.165, 1.54) is 7.11 Å². The van der Waals surface area contributed by atoms with Crippen LogP contribution in [-0.2, 0) is 19.8 Å². The first kappa shape index (κ1) is 17.2. The van der Waals surface area contributed by atoms with Crippen LogP contribution in [0.4, 0.5) is 0 Å². The van der Waals surface area contributed by atoms with Gasteiger partial charge in [-0.05, 0) is 25.5 Å². The minimum absolute atomic E-state index is 0.0000516. The van der Waals surface area contributed by atoms with E-state index in [1.807, 2.05) is 19.9 Å². The van der Waals surface area contributed by atoms with Gasteiger partial charge in [-0.3, -0.25) is 4.79 Å². The molecule has 1 heterocycles. The van der Waals surface area contributed by atoms with Crippen molar-refractivity contribution in [1.82, 2.24) is 5.43 Å². The van der Waals surface area contributed by atoms with Crippen molar-refractivity contribution in [2.24, 2.45) is 16.9 Å². The number of carbonyl (C=O) groups excluding carboxylic acids is 1. The molecule has 7 heteroatoms. The maximum Gasteiger partial charge on any atom is 0.240 e. The van der Waals surface area contributed by atoms with Gasteiger partial charge in [0.1, 0.15) is 5.76 Å². The Morgan fingerprint density at radius 1 is 1.48 bits per heavy atom. The van der Waals surface area contributed by atoms with Crippen LogP contribution in [0.5, 0.6) is 0 Å². The van der Waals surface area contributed by atoms with Gasteiger partial charge < -0.3 is 4.74 Å². The highest BCUT2D eigenvalue weighted by atomic mass is 32.2. The molecule has 23 heavy (non-hydrogen) atoms. The number of hydrogen-bond acceptors (Lipinski definition) is 5. The van der Waals surface area contributed by atoms with Crippen LogP contribution in [0.1, 0.15) is 27.2 Å². The number of amides is 1. The number of carbonyl (C=O) groups is 1. The number of methoxy groups -OCH3 is 1. The molecule has 0 saturated heterocycles. The van der Waals surface area contributed by atoms with Crippen LogP contribution in [-0.4, -0.2) is 32.0 Å². The summed E-state index contributed by atoms with van der Waals surface area (Å²) in [5, 5.41) is 4.10. The smallest absolute Gasteiger partial charge is 0.240 e. The molecule has 1 aliphatic carbocycles. The second-order valence-corrected chi connectivity index (χ2v) is 6.57. The van der Waals surface area contributed by atoms with E-state index in [4.69, 9.17) is 4.74 Å². The molecule has 0 radical (unpaired) electrons. The average molecular weight is 336 g/mol. The molecule has 2 atom stereocenters. The predicted octanol–water partition coefficient (Wildman–Crippen LogP) is 1.60. The highest BCUT2D eigenvalue weighted by Crippen LogP contribution is 2.25. The lowest BCUT2D eigenvalue weighted by Crippen LogP contribution is -2.32. The lowest BCUT2D eigenvalue weighted by molar-refractivity contribution is -0.121. The van der Waals surface area contributed by atoms with E-state index in [1.54, 1.807) is 19.1 Å². The Morgan fingerprint density at radius 3 is 2.74 bits per heavy atom. The number of nitrogens with one attached hydrogen (secondary N) is 1. The molecule has 124 valence electrons. The lowest BCUT2D eigenvalue weighted by Gasteiger charge is -2.22. The fraction of sp³-hybridized carbons (Fsp3) is 0.438. The molecule has 0 aromatic carbocycles. The third-order valence-corrected chi connectivity index (χ3v) is 4.93. The van der Waals surface area contributed by atoms with Crippen molar-refractivity contribution in [2.45, 2.75) is 27.2 Å². The fourth-order valence-electron chi connectivity index (χ4n) is 2.85. The molecule has 0 aromatic heterocycles. The summed E-state index contributed by atoms with van der Waals surface area (Å²) in [5.41, 5.74) is 4.70. The first-order valence-electron chi connectivity index (χ1n) is 7.30.